The smallest absolute Gasteiger partial charge is 0.0407 e. The third kappa shape index (κ3) is 2.65. The molecule has 0 radical (unpaired) electrons. The molecule has 0 aromatic heterocycles. The molecule has 2 heteroatoms. The molecule has 0 bridgehead atoms. The molecule has 0 spiro atoms. The van der Waals surface area contributed by atoms with E-state index in [4.69, 9.17) is 11.6 Å². The van der Waals surface area contributed by atoms with E-state index >= 15 is 0 Å². The molecule has 72 valence electrons. The van der Waals surface area contributed by atoms with Crippen LogP contribution in [0.3, 0.4) is 0 Å². The summed E-state index contributed by atoms with van der Waals surface area (Å²) in [7, 11) is 0. The van der Waals surface area contributed by atoms with Crippen LogP contribution in [0.1, 0.15) is 19.8 Å². The minimum absolute atomic E-state index is 0.338. The summed E-state index contributed by atoms with van der Waals surface area (Å²) in [6.45, 7) is 5.64. The summed E-state index contributed by atoms with van der Waals surface area (Å²) >= 11 is 7.78. The van der Waals surface area contributed by atoms with E-state index in [1.54, 1.807) is 0 Å². The fourth-order valence-electron chi connectivity index (χ4n) is 1.40. The Balaban J connectivity index is 2.87. The first kappa shape index (κ1) is 10.9. The second-order valence-electron chi connectivity index (χ2n) is 3.29. The van der Waals surface area contributed by atoms with Gasteiger partial charge in [0.15, 0.2) is 0 Å². The van der Waals surface area contributed by atoms with Gasteiger partial charge in [0.05, 0.1) is 0 Å². The minimum Gasteiger partial charge on any atom is -0.154 e. The van der Waals surface area contributed by atoms with Crippen LogP contribution in [-0.4, -0.2) is 11.0 Å². The zero-order chi connectivity index (χ0) is 9.90. The summed E-state index contributed by atoms with van der Waals surface area (Å²) in [5.41, 5.74) is 1.31. The average Bonchev–Trinajstić information content (AvgIpc) is 2.83. The van der Waals surface area contributed by atoms with E-state index in [0.717, 1.165) is 5.03 Å². The van der Waals surface area contributed by atoms with Crippen LogP contribution in [0.2, 0.25) is 0 Å². The Hall–Kier alpha value is -0.140. The summed E-state index contributed by atoms with van der Waals surface area (Å²) in [4.78, 5) is 0. The van der Waals surface area contributed by atoms with Crippen molar-refractivity contribution in [2.24, 2.45) is 0 Å². The van der Waals surface area contributed by atoms with E-state index in [1.165, 1.54) is 18.4 Å². The van der Waals surface area contributed by atoms with Crippen molar-refractivity contribution in [2.75, 3.05) is 6.26 Å². The Morgan fingerprint density at radius 3 is 2.46 bits per heavy atom. The van der Waals surface area contributed by atoms with Gasteiger partial charge in [-0.3, -0.25) is 0 Å². The third-order valence-corrected chi connectivity index (χ3v) is 3.81. The number of hydrogen-bond donors (Lipinski definition) is 0. The zero-order valence-corrected chi connectivity index (χ0v) is 9.71. The Morgan fingerprint density at radius 1 is 1.54 bits per heavy atom. The van der Waals surface area contributed by atoms with E-state index in [-0.39, 0.29) is 0 Å². The van der Waals surface area contributed by atoms with Crippen molar-refractivity contribution in [3.05, 3.63) is 35.4 Å². The van der Waals surface area contributed by atoms with Crippen molar-refractivity contribution in [3.8, 4) is 0 Å². The molecule has 0 aromatic carbocycles. The predicted octanol–water partition coefficient (Wildman–Crippen LogP) is 4.14. The highest BCUT2D eigenvalue weighted by Gasteiger charge is 2.44. The quantitative estimate of drug-likeness (QED) is 0.634. The van der Waals surface area contributed by atoms with E-state index < -0.39 is 0 Å². The highest BCUT2D eigenvalue weighted by atomic mass is 35.5. The molecule has 0 unspecified atom stereocenters. The molecule has 0 nitrogen and oxygen atoms in total. The molecule has 0 aromatic rings. The number of rotatable bonds is 4. The lowest BCUT2D eigenvalue weighted by molar-refractivity contribution is 1.12. The molecule has 0 amide bonds. The van der Waals surface area contributed by atoms with Gasteiger partial charge in [0, 0.05) is 9.78 Å². The topological polar surface area (TPSA) is 0 Å². The summed E-state index contributed by atoms with van der Waals surface area (Å²) in [5.74, 6) is 0. The Bertz CT molecular complexity index is 255. The van der Waals surface area contributed by atoms with Crippen LogP contribution in [0.25, 0.3) is 0 Å². The van der Waals surface area contributed by atoms with Crippen LogP contribution >= 0.6 is 23.4 Å². The van der Waals surface area contributed by atoms with Crippen LogP contribution in [0.4, 0.5) is 0 Å². The van der Waals surface area contributed by atoms with Crippen LogP contribution in [0.5, 0.6) is 0 Å². The lowest BCUT2D eigenvalue weighted by Gasteiger charge is -2.13. The maximum atomic E-state index is 5.88. The first-order valence-electron chi connectivity index (χ1n) is 4.37. The monoisotopic (exact) mass is 214 g/mol. The molecule has 0 heterocycles. The van der Waals surface area contributed by atoms with Gasteiger partial charge in [0.25, 0.3) is 0 Å². The number of thioether (sulfide) groups is 1. The van der Waals surface area contributed by atoms with Crippen molar-refractivity contribution in [3.63, 3.8) is 0 Å². The van der Waals surface area contributed by atoms with Crippen LogP contribution in [-0.2, 0) is 0 Å². The lowest BCUT2D eigenvalue weighted by atomic mass is 10.1. The van der Waals surface area contributed by atoms with Gasteiger partial charge >= 0.3 is 0 Å². The molecule has 0 N–H and O–H groups in total. The maximum Gasteiger partial charge on any atom is 0.0407 e. The first-order valence-corrected chi connectivity index (χ1v) is 5.97. The van der Waals surface area contributed by atoms with Crippen molar-refractivity contribution in [1.82, 2.24) is 0 Å². The Labute approximate surface area is 89.7 Å². The minimum atomic E-state index is 0.338. The number of hydrogen-bond acceptors (Lipinski definition) is 1. The summed E-state index contributed by atoms with van der Waals surface area (Å²) < 4.78 is 0.338. The standard InChI is InChI=1S/C11H15ClS/c1-4-5-10(8-9(2)12)11(13-3)6-7-11/h4-5,8H,1,6-7H2,2-3H3/b9-8+,10-5+. The van der Waals surface area contributed by atoms with Gasteiger partial charge < -0.3 is 0 Å². The molecular formula is C11H15ClS. The summed E-state index contributed by atoms with van der Waals surface area (Å²) in [6, 6.07) is 0. The molecule has 0 aliphatic heterocycles. The molecule has 1 aliphatic carbocycles. The zero-order valence-electron chi connectivity index (χ0n) is 8.14. The Kier molecular flexibility index (Phi) is 3.69. The van der Waals surface area contributed by atoms with Gasteiger partial charge in [0.2, 0.25) is 0 Å². The predicted molar refractivity (Wildman–Crippen MR) is 63.4 cm³/mol. The molecule has 13 heavy (non-hydrogen) atoms. The van der Waals surface area contributed by atoms with Gasteiger partial charge in [-0.1, -0.05) is 30.3 Å². The van der Waals surface area contributed by atoms with Gasteiger partial charge in [-0.25, -0.2) is 0 Å². The highest BCUT2D eigenvalue weighted by molar-refractivity contribution is 8.00. The highest BCUT2D eigenvalue weighted by Crippen LogP contribution is 2.53. The molecule has 0 saturated heterocycles. The molecular weight excluding hydrogens is 200 g/mol. The van der Waals surface area contributed by atoms with Gasteiger partial charge in [-0.2, -0.15) is 11.8 Å². The van der Waals surface area contributed by atoms with Crippen molar-refractivity contribution >= 4 is 23.4 Å². The fourth-order valence-corrected chi connectivity index (χ4v) is 2.39. The van der Waals surface area contributed by atoms with Gasteiger partial charge in [-0.05, 0) is 37.7 Å². The summed E-state index contributed by atoms with van der Waals surface area (Å²) in [6.07, 6.45) is 10.6. The second-order valence-corrected chi connectivity index (χ2v) is 5.07. The average molecular weight is 215 g/mol. The summed E-state index contributed by atoms with van der Waals surface area (Å²) in [5, 5.41) is 0.841. The maximum absolute atomic E-state index is 5.88. The van der Waals surface area contributed by atoms with E-state index in [0.29, 0.717) is 4.75 Å². The number of allylic oxidation sites excluding steroid dienone is 4. The lowest BCUT2D eigenvalue weighted by Crippen LogP contribution is -2.04. The van der Waals surface area contributed by atoms with E-state index in [9.17, 15) is 0 Å². The van der Waals surface area contributed by atoms with Crippen molar-refractivity contribution < 1.29 is 0 Å². The van der Waals surface area contributed by atoms with Crippen LogP contribution in [0.15, 0.2) is 35.4 Å². The number of halogens is 1. The second kappa shape index (κ2) is 4.39. The molecule has 1 fully saturated rings. The van der Waals surface area contributed by atoms with E-state index in [1.807, 2.05) is 30.8 Å². The molecule has 1 saturated carbocycles. The molecule has 1 aliphatic rings. The largest absolute Gasteiger partial charge is 0.154 e. The third-order valence-electron chi connectivity index (χ3n) is 2.27. The molecule has 1 rings (SSSR count). The van der Waals surface area contributed by atoms with Crippen LogP contribution in [0, 0.1) is 0 Å². The van der Waals surface area contributed by atoms with Crippen molar-refractivity contribution in [1.29, 1.82) is 0 Å². The normalized spacial score (nSPS) is 21.5. The SMILES string of the molecule is C=C/C=C(\C=C(/C)Cl)C1(SC)CC1. The molecule has 0 atom stereocenters. The van der Waals surface area contributed by atoms with Crippen molar-refractivity contribution in [2.45, 2.75) is 24.5 Å². The Morgan fingerprint density at radius 2 is 2.15 bits per heavy atom. The fraction of sp³-hybridized carbons (Fsp3) is 0.455. The first-order chi connectivity index (χ1) is 6.14. The van der Waals surface area contributed by atoms with Gasteiger partial charge in [0.1, 0.15) is 0 Å². The van der Waals surface area contributed by atoms with E-state index in [2.05, 4.69) is 18.9 Å². The van der Waals surface area contributed by atoms with Crippen LogP contribution < -0.4 is 0 Å². The van der Waals surface area contributed by atoms with Gasteiger partial charge in [-0.15, -0.1) is 0 Å².